The van der Waals surface area contributed by atoms with Gasteiger partial charge in [-0.1, -0.05) is 58.8 Å². The molecule has 1 nitrogen and oxygen atoms in total. The van der Waals surface area contributed by atoms with Crippen LogP contribution in [-0.4, -0.2) is 0 Å². The van der Waals surface area contributed by atoms with Crippen LogP contribution in [0.5, 0.6) is 0 Å². The predicted octanol–water partition coefficient (Wildman–Crippen LogP) is 3.64. The summed E-state index contributed by atoms with van der Waals surface area (Å²) in [5.74, 6) is 0. The molecule has 0 bridgehead atoms. The number of hydrogen-bond donors (Lipinski definition) is 0. The van der Waals surface area contributed by atoms with Crippen LogP contribution in [0.1, 0.15) is 58.8 Å². The molecule has 0 fully saturated rings. The molecular formula is C9H20O. The molecule has 0 aromatic heterocycles. The van der Waals surface area contributed by atoms with Gasteiger partial charge in [-0.25, -0.2) is 0 Å². The van der Waals surface area contributed by atoms with Gasteiger partial charge in [0, 0.05) is 5.48 Å². The molecule has 0 saturated carbocycles. The summed E-state index contributed by atoms with van der Waals surface area (Å²) in [4.78, 5) is 0. The first kappa shape index (κ1) is 12.6. The van der Waals surface area contributed by atoms with Gasteiger partial charge >= 0.3 is 0 Å². The van der Waals surface area contributed by atoms with Crippen LogP contribution in [0.2, 0.25) is 0 Å². The minimum absolute atomic E-state index is 0. The van der Waals surface area contributed by atoms with E-state index >= 15 is 0 Å². The van der Waals surface area contributed by atoms with Crippen molar-refractivity contribution in [2.75, 3.05) is 0 Å². The first-order chi connectivity index (χ1) is 4.41. The Morgan fingerprint density at radius 2 is 0.900 bits per heavy atom. The lowest BCUT2D eigenvalue weighted by Crippen LogP contribution is -1.76. The van der Waals surface area contributed by atoms with Crippen LogP contribution in [0, 0.1) is 0 Å². The fourth-order valence-corrected chi connectivity index (χ4v) is 1.03. The van der Waals surface area contributed by atoms with Crippen molar-refractivity contribution in [3.05, 3.63) is 0 Å². The highest BCUT2D eigenvalue weighted by Crippen LogP contribution is 2.05. The maximum Gasteiger partial charge on any atom is 0 e. The van der Waals surface area contributed by atoms with Crippen molar-refractivity contribution in [1.29, 1.82) is 0 Å². The molecule has 0 atom stereocenters. The number of rotatable bonds is 6. The van der Waals surface area contributed by atoms with Crippen molar-refractivity contribution in [2.24, 2.45) is 0 Å². The largest absolute Gasteiger partial charge is 0.0654 e. The van der Waals surface area contributed by atoms with E-state index in [0.717, 1.165) is 0 Å². The molecule has 1 heteroatoms. The minimum atomic E-state index is 0. The Hall–Kier alpha value is -0.0400. The third kappa shape index (κ3) is 10.9. The van der Waals surface area contributed by atoms with E-state index in [1.807, 2.05) is 0 Å². The van der Waals surface area contributed by atoms with E-state index in [4.69, 9.17) is 0 Å². The molecule has 0 saturated heterocycles. The Bertz CT molecular complexity index is 38.0. The van der Waals surface area contributed by atoms with Crippen molar-refractivity contribution in [3.63, 3.8) is 0 Å². The molecule has 62 valence electrons. The van der Waals surface area contributed by atoms with Gasteiger partial charge in [0.1, 0.15) is 0 Å². The Morgan fingerprint density at radius 3 is 1.20 bits per heavy atom. The second-order valence-electron chi connectivity index (χ2n) is 2.77. The number of unbranched alkanes of at least 4 members (excludes halogenated alkanes) is 6. The normalized spacial score (nSPS) is 9.00. The van der Waals surface area contributed by atoms with Crippen molar-refractivity contribution >= 4 is 0 Å². The van der Waals surface area contributed by atoms with Crippen molar-refractivity contribution in [1.82, 2.24) is 0 Å². The third-order valence-corrected chi connectivity index (χ3v) is 1.71. The summed E-state index contributed by atoms with van der Waals surface area (Å²) in [6, 6.07) is 0. The van der Waals surface area contributed by atoms with Gasteiger partial charge in [-0.15, -0.1) is 0 Å². The van der Waals surface area contributed by atoms with E-state index in [9.17, 15) is 0 Å². The molecule has 0 spiro atoms. The summed E-state index contributed by atoms with van der Waals surface area (Å²) in [5.41, 5.74) is 0. The fourth-order valence-electron chi connectivity index (χ4n) is 1.03. The van der Waals surface area contributed by atoms with E-state index in [2.05, 4.69) is 13.8 Å². The maximum absolute atomic E-state index is 2.26. The van der Waals surface area contributed by atoms with Gasteiger partial charge in [0.2, 0.25) is 0 Å². The monoisotopic (exact) mass is 144 g/mol. The Balaban J connectivity index is 0. The summed E-state index contributed by atoms with van der Waals surface area (Å²) < 4.78 is 0. The standard InChI is InChI=1S/C9H20.O/c1-3-5-7-9-8-6-4-2;/h3-9H2,1-2H3;. The van der Waals surface area contributed by atoms with E-state index in [1.54, 1.807) is 0 Å². The molecule has 0 aliphatic rings. The zero-order chi connectivity index (χ0) is 6.95. The van der Waals surface area contributed by atoms with Gasteiger partial charge in [-0.2, -0.15) is 0 Å². The van der Waals surface area contributed by atoms with Crippen molar-refractivity contribution < 1.29 is 5.48 Å². The average Bonchev–Trinajstić information content (AvgIpc) is 1.89. The molecular weight excluding hydrogens is 124 g/mol. The zero-order valence-electron chi connectivity index (χ0n) is 7.36. The molecule has 2 radical (unpaired) electrons. The summed E-state index contributed by atoms with van der Waals surface area (Å²) in [5, 5.41) is 0. The molecule has 10 heavy (non-hydrogen) atoms. The molecule has 0 aromatic rings. The van der Waals surface area contributed by atoms with Gasteiger partial charge in [0.05, 0.1) is 0 Å². The van der Waals surface area contributed by atoms with Crippen molar-refractivity contribution in [3.8, 4) is 0 Å². The molecule has 0 amide bonds. The first-order valence-electron chi connectivity index (χ1n) is 4.41. The maximum atomic E-state index is 2.26. The molecule has 0 N–H and O–H groups in total. The fraction of sp³-hybridized carbons (Fsp3) is 1.00. The third-order valence-electron chi connectivity index (χ3n) is 1.71. The van der Waals surface area contributed by atoms with Crippen LogP contribution in [-0.2, 0) is 5.48 Å². The summed E-state index contributed by atoms with van der Waals surface area (Å²) in [7, 11) is 0. The van der Waals surface area contributed by atoms with Gasteiger partial charge < -0.3 is 0 Å². The van der Waals surface area contributed by atoms with Gasteiger partial charge in [-0.3, -0.25) is 0 Å². The molecule has 0 aliphatic carbocycles. The van der Waals surface area contributed by atoms with Crippen LogP contribution in [0.15, 0.2) is 0 Å². The van der Waals surface area contributed by atoms with E-state index in [-0.39, 0.29) is 5.48 Å². The minimum Gasteiger partial charge on any atom is -0.0654 e. The van der Waals surface area contributed by atoms with E-state index in [1.165, 1.54) is 44.9 Å². The second-order valence-corrected chi connectivity index (χ2v) is 2.77. The molecule has 0 aliphatic heterocycles. The lowest BCUT2D eigenvalue weighted by Gasteiger charge is -1.96. The van der Waals surface area contributed by atoms with Gasteiger partial charge in [0.25, 0.3) is 0 Å². The quantitative estimate of drug-likeness (QED) is 0.509. The second kappa shape index (κ2) is 11.7. The van der Waals surface area contributed by atoms with Gasteiger partial charge in [-0.05, 0) is 0 Å². The highest BCUT2D eigenvalue weighted by Gasteiger charge is 1.85. The first-order valence-corrected chi connectivity index (χ1v) is 4.41. The number of hydrogen-bond acceptors (Lipinski definition) is 0. The van der Waals surface area contributed by atoms with Crippen LogP contribution < -0.4 is 0 Å². The Kier molecular flexibility index (Phi) is 14.8. The highest BCUT2D eigenvalue weighted by atomic mass is 16.0. The zero-order valence-corrected chi connectivity index (χ0v) is 7.36. The summed E-state index contributed by atoms with van der Waals surface area (Å²) in [6.07, 6.45) is 9.97. The highest BCUT2D eigenvalue weighted by molar-refractivity contribution is 4.41. The Morgan fingerprint density at radius 1 is 0.600 bits per heavy atom. The lowest BCUT2D eigenvalue weighted by atomic mass is 10.1. The topological polar surface area (TPSA) is 28.5 Å². The van der Waals surface area contributed by atoms with Crippen LogP contribution >= 0.6 is 0 Å². The van der Waals surface area contributed by atoms with Crippen LogP contribution in [0.4, 0.5) is 0 Å². The average molecular weight is 144 g/mol. The van der Waals surface area contributed by atoms with Gasteiger partial charge in [0.15, 0.2) is 0 Å². The summed E-state index contributed by atoms with van der Waals surface area (Å²) in [6.45, 7) is 4.53. The van der Waals surface area contributed by atoms with E-state index in [0.29, 0.717) is 0 Å². The predicted molar refractivity (Wildman–Crippen MR) is 44.4 cm³/mol. The molecule has 0 heterocycles. The van der Waals surface area contributed by atoms with Crippen LogP contribution in [0.3, 0.4) is 0 Å². The van der Waals surface area contributed by atoms with Crippen LogP contribution in [0.25, 0.3) is 0 Å². The molecule has 0 unspecified atom stereocenters. The molecule has 0 rings (SSSR count). The smallest absolute Gasteiger partial charge is 0 e. The van der Waals surface area contributed by atoms with Crippen molar-refractivity contribution in [2.45, 2.75) is 58.8 Å². The Labute approximate surface area is 65.1 Å². The molecule has 0 aromatic carbocycles. The van der Waals surface area contributed by atoms with E-state index < -0.39 is 0 Å². The summed E-state index contributed by atoms with van der Waals surface area (Å²) >= 11 is 0. The lowest BCUT2D eigenvalue weighted by molar-refractivity contribution is 0.602. The SMILES string of the molecule is CCCCCCCCC.[O].